The largest absolute Gasteiger partial charge is 0.393 e. The molecule has 1 nitrogen and oxygen atoms in total. The quantitative estimate of drug-likeness (QED) is 0.754. The van der Waals surface area contributed by atoms with Gasteiger partial charge in [0.2, 0.25) is 0 Å². The summed E-state index contributed by atoms with van der Waals surface area (Å²) in [6.45, 7) is 6.19. The molecule has 0 aliphatic rings. The zero-order valence-electron chi connectivity index (χ0n) is 8.67. The molecule has 0 saturated carbocycles. The van der Waals surface area contributed by atoms with Crippen molar-refractivity contribution < 1.29 is 5.11 Å². The Hall–Kier alpha value is -0.820. The predicted molar refractivity (Wildman–Crippen MR) is 55.9 cm³/mol. The Morgan fingerprint density at radius 3 is 2.15 bits per heavy atom. The Morgan fingerprint density at radius 1 is 1.15 bits per heavy atom. The van der Waals surface area contributed by atoms with Crippen molar-refractivity contribution in [2.45, 2.75) is 39.7 Å². The van der Waals surface area contributed by atoms with E-state index in [1.165, 1.54) is 16.7 Å². The number of aliphatic hydroxyl groups is 1. The van der Waals surface area contributed by atoms with Crippen molar-refractivity contribution in [2.24, 2.45) is 0 Å². The average molecular weight is 178 g/mol. The Balaban J connectivity index is 2.77. The van der Waals surface area contributed by atoms with E-state index in [0.717, 1.165) is 12.8 Å². The van der Waals surface area contributed by atoms with E-state index in [0.29, 0.717) is 0 Å². The second kappa shape index (κ2) is 4.43. The van der Waals surface area contributed by atoms with Crippen LogP contribution < -0.4 is 0 Å². The molecule has 0 aromatic heterocycles. The van der Waals surface area contributed by atoms with E-state index < -0.39 is 0 Å². The predicted octanol–water partition coefficient (Wildman–Crippen LogP) is 2.62. The molecule has 1 N–H and O–H groups in total. The minimum atomic E-state index is -0.193. The first kappa shape index (κ1) is 10.3. The number of rotatable bonds is 3. The normalized spacial score (nSPS) is 12.9. The third-order valence-corrected chi connectivity index (χ3v) is 2.22. The van der Waals surface area contributed by atoms with Crippen molar-refractivity contribution in [1.82, 2.24) is 0 Å². The lowest BCUT2D eigenvalue weighted by Crippen LogP contribution is -2.08. The van der Waals surface area contributed by atoms with Crippen molar-refractivity contribution in [3.8, 4) is 0 Å². The van der Waals surface area contributed by atoms with E-state index in [4.69, 9.17) is 0 Å². The van der Waals surface area contributed by atoms with Gasteiger partial charge >= 0.3 is 0 Å². The summed E-state index contributed by atoms with van der Waals surface area (Å²) < 4.78 is 0. The Bertz CT molecular complexity index is 258. The molecular formula is C12H18O. The lowest BCUT2D eigenvalue weighted by molar-refractivity contribution is 0.171. The summed E-state index contributed by atoms with van der Waals surface area (Å²) in [7, 11) is 0. The smallest absolute Gasteiger partial charge is 0.0577 e. The summed E-state index contributed by atoms with van der Waals surface area (Å²) in [4.78, 5) is 0. The summed E-state index contributed by atoms with van der Waals surface area (Å²) in [6.07, 6.45) is 1.41. The van der Waals surface area contributed by atoms with Crippen LogP contribution in [0, 0.1) is 13.8 Å². The van der Waals surface area contributed by atoms with Crippen LogP contribution in [0.1, 0.15) is 30.0 Å². The molecule has 13 heavy (non-hydrogen) atoms. The fraction of sp³-hybridized carbons (Fsp3) is 0.500. The highest BCUT2D eigenvalue weighted by Gasteiger charge is 2.03. The molecule has 1 heteroatoms. The van der Waals surface area contributed by atoms with Crippen LogP contribution in [0.25, 0.3) is 0 Å². The van der Waals surface area contributed by atoms with Gasteiger partial charge in [0.1, 0.15) is 0 Å². The van der Waals surface area contributed by atoms with Gasteiger partial charge < -0.3 is 5.11 Å². The van der Waals surface area contributed by atoms with Crippen molar-refractivity contribution in [3.05, 3.63) is 34.9 Å². The van der Waals surface area contributed by atoms with Crippen molar-refractivity contribution >= 4 is 0 Å². The number of hydrogen-bond acceptors (Lipinski definition) is 1. The van der Waals surface area contributed by atoms with Crippen LogP contribution >= 0.6 is 0 Å². The van der Waals surface area contributed by atoms with Crippen molar-refractivity contribution in [2.75, 3.05) is 0 Å². The molecule has 0 radical (unpaired) electrons. The topological polar surface area (TPSA) is 20.2 Å². The highest BCUT2D eigenvalue weighted by molar-refractivity contribution is 5.28. The number of aliphatic hydroxyl groups excluding tert-OH is 1. The molecule has 0 aliphatic carbocycles. The standard InChI is InChI=1S/C12H18O/c1-4-12(13)8-11-6-9(2)5-10(3)7-11/h5-7,12-13H,4,8H2,1-3H3/t12-/m1/s1. The molecular weight excluding hydrogens is 160 g/mol. The first-order valence-electron chi connectivity index (χ1n) is 4.87. The molecule has 0 heterocycles. The van der Waals surface area contributed by atoms with E-state index in [1.807, 2.05) is 6.92 Å². The van der Waals surface area contributed by atoms with Crippen molar-refractivity contribution in [3.63, 3.8) is 0 Å². The van der Waals surface area contributed by atoms with Gasteiger partial charge in [-0.05, 0) is 32.3 Å². The van der Waals surface area contributed by atoms with Crippen LogP contribution in [0.5, 0.6) is 0 Å². The number of hydrogen-bond donors (Lipinski definition) is 1. The van der Waals surface area contributed by atoms with E-state index in [9.17, 15) is 5.11 Å². The summed E-state index contributed by atoms with van der Waals surface area (Å²) >= 11 is 0. The van der Waals surface area contributed by atoms with E-state index in [1.54, 1.807) is 0 Å². The number of aryl methyl sites for hydroxylation is 2. The van der Waals surface area contributed by atoms with E-state index >= 15 is 0 Å². The molecule has 0 fully saturated rings. The van der Waals surface area contributed by atoms with Gasteiger partial charge in [0.05, 0.1) is 6.10 Å². The Kier molecular flexibility index (Phi) is 3.49. The monoisotopic (exact) mass is 178 g/mol. The molecule has 0 unspecified atom stereocenters. The van der Waals surface area contributed by atoms with Gasteiger partial charge in [0.25, 0.3) is 0 Å². The second-order valence-corrected chi connectivity index (χ2v) is 3.76. The maximum Gasteiger partial charge on any atom is 0.0577 e. The molecule has 1 atom stereocenters. The van der Waals surface area contributed by atoms with Crippen LogP contribution in [0.4, 0.5) is 0 Å². The highest BCUT2D eigenvalue weighted by atomic mass is 16.3. The molecule has 0 aliphatic heterocycles. The van der Waals surface area contributed by atoms with Crippen LogP contribution in [0.3, 0.4) is 0 Å². The second-order valence-electron chi connectivity index (χ2n) is 3.76. The molecule has 1 aromatic rings. The van der Waals surface area contributed by atoms with Crippen LogP contribution in [-0.2, 0) is 6.42 Å². The van der Waals surface area contributed by atoms with Gasteiger partial charge in [-0.1, -0.05) is 36.2 Å². The molecule has 0 spiro atoms. The summed E-state index contributed by atoms with van der Waals surface area (Å²) in [5, 5.41) is 9.49. The molecule has 1 aromatic carbocycles. The Labute approximate surface area is 80.4 Å². The highest BCUT2D eigenvalue weighted by Crippen LogP contribution is 2.11. The SMILES string of the molecule is CC[C@@H](O)Cc1cc(C)cc(C)c1. The summed E-state index contributed by atoms with van der Waals surface area (Å²) in [5.74, 6) is 0. The molecule has 0 bridgehead atoms. The van der Waals surface area contributed by atoms with Gasteiger partial charge in [-0.15, -0.1) is 0 Å². The Morgan fingerprint density at radius 2 is 1.69 bits per heavy atom. The maximum absolute atomic E-state index is 9.49. The minimum absolute atomic E-state index is 0.193. The lowest BCUT2D eigenvalue weighted by Gasteiger charge is -2.09. The molecule has 0 amide bonds. The third kappa shape index (κ3) is 3.19. The van der Waals surface area contributed by atoms with Gasteiger partial charge in [0, 0.05) is 0 Å². The van der Waals surface area contributed by atoms with Crippen LogP contribution in [-0.4, -0.2) is 11.2 Å². The minimum Gasteiger partial charge on any atom is -0.393 e. The van der Waals surface area contributed by atoms with Gasteiger partial charge in [-0.2, -0.15) is 0 Å². The van der Waals surface area contributed by atoms with Crippen LogP contribution in [0.15, 0.2) is 18.2 Å². The fourth-order valence-corrected chi connectivity index (χ4v) is 1.60. The molecule has 72 valence electrons. The molecule has 1 rings (SSSR count). The van der Waals surface area contributed by atoms with Gasteiger partial charge in [0.15, 0.2) is 0 Å². The zero-order chi connectivity index (χ0) is 9.84. The van der Waals surface area contributed by atoms with Crippen LogP contribution in [0.2, 0.25) is 0 Å². The average Bonchev–Trinajstić information content (AvgIpc) is 2.02. The van der Waals surface area contributed by atoms with E-state index in [-0.39, 0.29) is 6.10 Å². The summed E-state index contributed by atoms with van der Waals surface area (Å²) in [5.41, 5.74) is 3.79. The first-order valence-corrected chi connectivity index (χ1v) is 4.87. The third-order valence-electron chi connectivity index (χ3n) is 2.22. The first-order chi connectivity index (χ1) is 6.11. The van der Waals surface area contributed by atoms with E-state index in [2.05, 4.69) is 32.0 Å². The zero-order valence-corrected chi connectivity index (χ0v) is 8.67. The fourth-order valence-electron chi connectivity index (χ4n) is 1.60. The van der Waals surface area contributed by atoms with Gasteiger partial charge in [-0.25, -0.2) is 0 Å². The summed E-state index contributed by atoms with van der Waals surface area (Å²) in [6, 6.07) is 6.44. The molecule has 0 saturated heterocycles. The lowest BCUT2D eigenvalue weighted by atomic mass is 10.0. The number of benzene rings is 1. The van der Waals surface area contributed by atoms with Gasteiger partial charge in [-0.3, -0.25) is 0 Å². The van der Waals surface area contributed by atoms with Crippen molar-refractivity contribution in [1.29, 1.82) is 0 Å². The maximum atomic E-state index is 9.49.